The number of unbranched alkanes of at least 4 members (excludes halogenated alkanes) is 1. The quantitative estimate of drug-likeness (QED) is 0.719. The average molecular weight is 233 g/mol. The second kappa shape index (κ2) is 8.30. The zero-order valence-corrected chi connectivity index (χ0v) is 11.4. The summed E-state index contributed by atoms with van der Waals surface area (Å²) in [4.78, 5) is 0. The minimum atomic E-state index is 0.388. The van der Waals surface area contributed by atoms with Gasteiger partial charge in [-0.1, -0.05) is 44.5 Å². The molecule has 0 saturated carbocycles. The average Bonchev–Trinajstić information content (AvgIpc) is 2.37. The fraction of sp³-hybridized carbons (Fsp3) is 0.625. The number of benzene rings is 1. The van der Waals surface area contributed by atoms with E-state index in [1.54, 1.807) is 0 Å². The van der Waals surface area contributed by atoms with Crippen molar-refractivity contribution in [2.45, 2.75) is 64.8 Å². The molecule has 0 radical (unpaired) electrons. The highest BCUT2D eigenvalue weighted by Gasteiger charge is 2.00. The van der Waals surface area contributed by atoms with Gasteiger partial charge in [-0.05, 0) is 49.7 Å². The zero-order chi connectivity index (χ0) is 12.5. The SMILES string of the molecule is CCCCc1ccc(CCCC(N)CC)cc1. The van der Waals surface area contributed by atoms with Crippen molar-refractivity contribution >= 4 is 0 Å². The van der Waals surface area contributed by atoms with Gasteiger partial charge < -0.3 is 5.73 Å². The molecule has 2 N–H and O–H groups in total. The minimum Gasteiger partial charge on any atom is -0.328 e. The van der Waals surface area contributed by atoms with Gasteiger partial charge in [0.2, 0.25) is 0 Å². The third-order valence-electron chi connectivity index (χ3n) is 3.41. The van der Waals surface area contributed by atoms with Crippen molar-refractivity contribution in [3.8, 4) is 0 Å². The molecule has 0 aliphatic carbocycles. The van der Waals surface area contributed by atoms with Gasteiger partial charge in [-0.25, -0.2) is 0 Å². The third kappa shape index (κ3) is 5.88. The largest absolute Gasteiger partial charge is 0.328 e. The van der Waals surface area contributed by atoms with Gasteiger partial charge in [0, 0.05) is 6.04 Å². The second-order valence-electron chi connectivity index (χ2n) is 4.98. The van der Waals surface area contributed by atoms with Gasteiger partial charge >= 0.3 is 0 Å². The molecule has 0 heterocycles. The number of aryl methyl sites for hydroxylation is 2. The molecular formula is C16H27N. The van der Waals surface area contributed by atoms with Gasteiger partial charge in [0.15, 0.2) is 0 Å². The van der Waals surface area contributed by atoms with Crippen LogP contribution in [0.1, 0.15) is 57.1 Å². The molecule has 1 aromatic rings. The molecule has 0 saturated heterocycles. The van der Waals surface area contributed by atoms with Gasteiger partial charge in [-0.2, -0.15) is 0 Å². The summed E-state index contributed by atoms with van der Waals surface area (Å²) in [6, 6.07) is 9.51. The van der Waals surface area contributed by atoms with E-state index < -0.39 is 0 Å². The Bertz CT molecular complexity index is 289. The highest BCUT2D eigenvalue weighted by molar-refractivity contribution is 5.22. The van der Waals surface area contributed by atoms with Gasteiger partial charge in [0.05, 0.1) is 0 Å². The van der Waals surface area contributed by atoms with Crippen molar-refractivity contribution in [2.24, 2.45) is 5.73 Å². The maximum absolute atomic E-state index is 5.92. The minimum absolute atomic E-state index is 0.388. The van der Waals surface area contributed by atoms with Crippen LogP contribution in [0.15, 0.2) is 24.3 Å². The Labute approximate surface area is 106 Å². The van der Waals surface area contributed by atoms with Gasteiger partial charge in [0.25, 0.3) is 0 Å². The molecule has 1 atom stereocenters. The number of rotatable bonds is 8. The van der Waals surface area contributed by atoms with E-state index in [-0.39, 0.29) is 0 Å². The van der Waals surface area contributed by atoms with Crippen molar-refractivity contribution in [3.05, 3.63) is 35.4 Å². The first kappa shape index (κ1) is 14.2. The fourth-order valence-corrected chi connectivity index (χ4v) is 2.03. The number of hydrogen-bond donors (Lipinski definition) is 1. The molecule has 0 aliphatic heterocycles. The van der Waals surface area contributed by atoms with Crippen molar-refractivity contribution in [2.75, 3.05) is 0 Å². The Morgan fingerprint density at radius 2 is 1.47 bits per heavy atom. The van der Waals surface area contributed by atoms with E-state index in [0.717, 1.165) is 12.8 Å². The molecule has 1 aromatic carbocycles. The van der Waals surface area contributed by atoms with Gasteiger partial charge in [0.1, 0.15) is 0 Å². The Morgan fingerprint density at radius 1 is 0.941 bits per heavy atom. The standard InChI is InChI=1S/C16H27N/c1-3-5-7-14-10-12-15(13-11-14)8-6-9-16(17)4-2/h10-13,16H,3-9,17H2,1-2H3. The summed E-state index contributed by atoms with van der Waals surface area (Å²) >= 11 is 0. The first-order chi connectivity index (χ1) is 8.26. The van der Waals surface area contributed by atoms with Crippen molar-refractivity contribution in [1.29, 1.82) is 0 Å². The van der Waals surface area contributed by atoms with Crippen LogP contribution in [0.5, 0.6) is 0 Å². The lowest BCUT2D eigenvalue weighted by Gasteiger charge is -2.08. The topological polar surface area (TPSA) is 26.0 Å². The molecular weight excluding hydrogens is 206 g/mol. The van der Waals surface area contributed by atoms with E-state index in [0.29, 0.717) is 6.04 Å². The predicted molar refractivity (Wildman–Crippen MR) is 76.3 cm³/mol. The number of nitrogens with two attached hydrogens (primary N) is 1. The summed E-state index contributed by atoms with van der Waals surface area (Å²) in [5, 5.41) is 0. The van der Waals surface area contributed by atoms with Gasteiger partial charge in [-0.3, -0.25) is 0 Å². The summed E-state index contributed by atoms with van der Waals surface area (Å²) in [7, 11) is 0. The zero-order valence-electron chi connectivity index (χ0n) is 11.4. The first-order valence-electron chi connectivity index (χ1n) is 7.09. The molecule has 0 fully saturated rings. The summed E-state index contributed by atoms with van der Waals surface area (Å²) < 4.78 is 0. The third-order valence-corrected chi connectivity index (χ3v) is 3.41. The van der Waals surface area contributed by atoms with Crippen LogP contribution >= 0.6 is 0 Å². The van der Waals surface area contributed by atoms with Crippen LogP contribution in [0, 0.1) is 0 Å². The Kier molecular flexibility index (Phi) is 6.95. The fourth-order valence-electron chi connectivity index (χ4n) is 2.03. The first-order valence-corrected chi connectivity index (χ1v) is 7.09. The molecule has 17 heavy (non-hydrogen) atoms. The molecule has 1 nitrogen and oxygen atoms in total. The lowest BCUT2D eigenvalue weighted by molar-refractivity contribution is 0.568. The van der Waals surface area contributed by atoms with Crippen LogP contribution in [-0.2, 0) is 12.8 Å². The maximum Gasteiger partial charge on any atom is 0.00363 e. The van der Waals surface area contributed by atoms with Crippen molar-refractivity contribution < 1.29 is 0 Å². The van der Waals surface area contributed by atoms with Crippen LogP contribution in [0.4, 0.5) is 0 Å². The van der Waals surface area contributed by atoms with Crippen LogP contribution in [0.2, 0.25) is 0 Å². The maximum atomic E-state index is 5.92. The Hall–Kier alpha value is -0.820. The molecule has 0 aliphatic rings. The summed E-state index contributed by atoms with van der Waals surface area (Å²) in [5.41, 5.74) is 8.84. The number of hydrogen-bond acceptors (Lipinski definition) is 1. The van der Waals surface area contributed by atoms with Crippen molar-refractivity contribution in [1.82, 2.24) is 0 Å². The van der Waals surface area contributed by atoms with E-state index in [1.165, 1.54) is 43.2 Å². The highest BCUT2D eigenvalue weighted by atomic mass is 14.6. The van der Waals surface area contributed by atoms with Crippen LogP contribution in [0.25, 0.3) is 0 Å². The second-order valence-corrected chi connectivity index (χ2v) is 4.98. The molecule has 0 spiro atoms. The summed E-state index contributed by atoms with van der Waals surface area (Å²) in [6.45, 7) is 4.40. The lowest BCUT2D eigenvalue weighted by atomic mass is 10.0. The Balaban J connectivity index is 2.30. The predicted octanol–water partition coefficient (Wildman–Crippen LogP) is 4.09. The van der Waals surface area contributed by atoms with Crippen LogP contribution < -0.4 is 5.73 Å². The molecule has 1 heteroatoms. The smallest absolute Gasteiger partial charge is 0.00363 e. The highest BCUT2D eigenvalue weighted by Crippen LogP contribution is 2.11. The molecule has 96 valence electrons. The monoisotopic (exact) mass is 233 g/mol. The normalized spacial score (nSPS) is 12.6. The molecule has 0 aromatic heterocycles. The van der Waals surface area contributed by atoms with E-state index in [9.17, 15) is 0 Å². The van der Waals surface area contributed by atoms with Crippen LogP contribution in [0.3, 0.4) is 0 Å². The van der Waals surface area contributed by atoms with Crippen LogP contribution in [-0.4, -0.2) is 6.04 Å². The lowest BCUT2D eigenvalue weighted by Crippen LogP contribution is -2.18. The van der Waals surface area contributed by atoms with E-state index in [1.807, 2.05) is 0 Å². The molecule has 0 amide bonds. The summed E-state index contributed by atoms with van der Waals surface area (Å²) in [6.07, 6.45) is 8.41. The van der Waals surface area contributed by atoms with Gasteiger partial charge in [-0.15, -0.1) is 0 Å². The van der Waals surface area contributed by atoms with E-state index in [2.05, 4.69) is 38.1 Å². The molecule has 1 unspecified atom stereocenters. The molecule has 0 bridgehead atoms. The summed E-state index contributed by atoms with van der Waals surface area (Å²) in [5.74, 6) is 0. The molecule has 1 rings (SSSR count). The van der Waals surface area contributed by atoms with E-state index >= 15 is 0 Å². The Morgan fingerprint density at radius 3 is 1.94 bits per heavy atom. The van der Waals surface area contributed by atoms with E-state index in [4.69, 9.17) is 5.73 Å². The van der Waals surface area contributed by atoms with Crippen molar-refractivity contribution in [3.63, 3.8) is 0 Å².